The van der Waals surface area contributed by atoms with Crippen LogP contribution in [0.2, 0.25) is 5.02 Å². The van der Waals surface area contributed by atoms with E-state index in [1.54, 1.807) is 0 Å². The Balaban J connectivity index is 2.13. The fourth-order valence-corrected chi connectivity index (χ4v) is 1.87. The summed E-state index contributed by atoms with van der Waals surface area (Å²) in [6.45, 7) is 2.64. The molecule has 1 N–H and O–H groups in total. The number of halogens is 1. The zero-order chi connectivity index (χ0) is 13.8. The molecule has 2 rings (SSSR count). The van der Waals surface area contributed by atoms with Crippen molar-refractivity contribution in [3.8, 4) is 0 Å². The van der Waals surface area contributed by atoms with Crippen LogP contribution in [-0.4, -0.2) is 24.3 Å². The molecule has 1 heterocycles. The molecule has 2 aromatic rings. The van der Waals surface area contributed by atoms with E-state index in [9.17, 15) is 0 Å². The van der Waals surface area contributed by atoms with E-state index in [0.29, 0.717) is 18.5 Å². The number of nitrogens with zero attached hydrogens (tertiary/aromatic N) is 3. The smallest absolute Gasteiger partial charge is 0.318 e. The fourth-order valence-electron chi connectivity index (χ4n) is 1.74. The highest BCUT2D eigenvalue weighted by Crippen LogP contribution is 2.25. The zero-order valence-electron chi connectivity index (χ0n) is 11.2. The van der Waals surface area contributed by atoms with E-state index < -0.39 is 0 Å². The van der Waals surface area contributed by atoms with Crippen molar-refractivity contribution < 1.29 is 4.42 Å². The molecule has 5 nitrogen and oxygen atoms in total. The molecule has 0 bridgehead atoms. The minimum Gasteiger partial charge on any atom is -0.407 e. The van der Waals surface area contributed by atoms with Crippen molar-refractivity contribution in [2.75, 3.05) is 19.0 Å². The first-order valence-corrected chi connectivity index (χ1v) is 6.45. The van der Waals surface area contributed by atoms with Crippen LogP contribution in [0.25, 0.3) is 0 Å². The highest BCUT2D eigenvalue weighted by atomic mass is 35.5. The minimum absolute atomic E-state index is 0.125. The first-order chi connectivity index (χ1) is 9.11. The molecule has 1 aromatic heterocycles. The van der Waals surface area contributed by atoms with E-state index >= 15 is 0 Å². The number of rotatable bonds is 5. The Kier molecular flexibility index (Phi) is 4.39. The molecule has 0 aliphatic rings. The Labute approximate surface area is 117 Å². The Morgan fingerprint density at radius 2 is 2.00 bits per heavy atom. The van der Waals surface area contributed by atoms with Gasteiger partial charge in [0.2, 0.25) is 5.89 Å². The average molecular weight is 281 g/mol. The van der Waals surface area contributed by atoms with Crippen LogP contribution in [0.4, 0.5) is 6.01 Å². The van der Waals surface area contributed by atoms with Gasteiger partial charge in [-0.05, 0) is 31.7 Å². The number of nitrogens with one attached hydrogen (secondary N) is 1. The second-order valence-electron chi connectivity index (χ2n) is 4.35. The summed E-state index contributed by atoms with van der Waals surface area (Å²) in [5.74, 6) is 0.577. The van der Waals surface area contributed by atoms with Crippen molar-refractivity contribution in [1.29, 1.82) is 0 Å². The molecule has 0 saturated carbocycles. The van der Waals surface area contributed by atoms with Crippen LogP contribution in [0.5, 0.6) is 0 Å². The molecule has 1 atom stereocenters. The van der Waals surface area contributed by atoms with Gasteiger partial charge in [0.1, 0.15) is 0 Å². The van der Waals surface area contributed by atoms with Gasteiger partial charge in [-0.1, -0.05) is 28.8 Å². The first kappa shape index (κ1) is 13.8. The summed E-state index contributed by atoms with van der Waals surface area (Å²) in [6, 6.07) is 8.37. The molecule has 19 heavy (non-hydrogen) atoms. The molecule has 0 amide bonds. The highest BCUT2D eigenvalue weighted by Gasteiger charge is 2.17. The zero-order valence-corrected chi connectivity index (χ0v) is 12.0. The van der Waals surface area contributed by atoms with E-state index in [2.05, 4.69) is 22.4 Å². The van der Waals surface area contributed by atoms with E-state index in [1.165, 1.54) is 0 Å². The molecule has 0 aliphatic heterocycles. The molecule has 0 radical (unpaired) electrons. The lowest BCUT2D eigenvalue weighted by molar-refractivity contribution is 0.467. The Morgan fingerprint density at radius 3 is 2.63 bits per heavy atom. The lowest BCUT2D eigenvalue weighted by Crippen LogP contribution is -2.21. The van der Waals surface area contributed by atoms with Crippen molar-refractivity contribution in [3.05, 3.63) is 40.7 Å². The predicted molar refractivity (Wildman–Crippen MR) is 75.3 cm³/mol. The maximum Gasteiger partial charge on any atom is 0.318 e. The van der Waals surface area contributed by atoms with Crippen LogP contribution in [-0.2, 0) is 6.54 Å². The number of benzene rings is 1. The van der Waals surface area contributed by atoms with Gasteiger partial charge in [-0.2, -0.15) is 0 Å². The van der Waals surface area contributed by atoms with Gasteiger partial charge < -0.3 is 14.6 Å². The average Bonchev–Trinajstić information content (AvgIpc) is 2.87. The molecule has 102 valence electrons. The Bertz CT molecular complexity index is 526. The van der Waals surface area contributed by atoms with Crippen molar-refractivity contribution in [2.45, 2.75) is 19.5 Å². The number of hydrogen-bond acceptors (Lipinski definition) is 5. The van der Waals surface area contributed by atoms with Crippen LogP contribution in [0.3, 0.4) is 0 Å². The standard InChI is InChI=1S/C13H17ClN4O/c1-9(10-4-6-11(14)7-5-10)18(3)13-17-16-12(19-13)8-15-2/h4-7,9,15H,8H2,1-3H3. The van der Waals surface area contributed by atoms with Crippen molar-refractivity contribution in [2.24, 2.45) is 0 Å². The number of aromatic nitrogens is 2. The lowest BCUT2D eigenvalue weighted by Gasteiger charge is -2.23. The van der Waals surface area contributed by atoms with Gasteiger partial charge in [0, 0.05) is 12.1 Å². The third-order valence-electron chi connectivity index (χ3n) is 3.02. The molecule has 1 unspecified atom stereocenters. The lowest BCUT2D eigenvalue weighted by atomic mass is 10.1. The fraction of sp³-hybridized carbons (Fsp3) is 0.385. The molecular formula is C13H17ClN4O. The van der Waals surface area contributed by atoms with Crippen LogP contribution < -0.4 is 10.2 Å². The molecule has 0 saturated heterocycles. The maximum absolute atomic E-state index is 5.89. The summed E-state index contributed by atoms with van der Waals surface area (Å²) in [5, 5.41) is 11.7. The third kappa shape index (κ3) is 3.24. The largest absolute Gasteiger partial charge is 0.407 e. The second kappa shape index (κ2) is 6.04. The molecule has 0 spiro atoms. The van der Waals surface area contributed by atoms with Gasteiger partial charge in [0.05, 0.1) is 12.6 Å². The maximum atomic E-state index is 5.89. The SMILES string of the molecule is CNCc1nnc(N(C)C(C)c2ccc(Cl)cc2)o1. The van der Waals surface area contributed by atoms with Crippen LogP contribution in [0, 0.1) is 0 Å². The van der Waals surface area contributed by atoms with Gasteiger partial charge in [-0.15, -0.1) is 5.10 Å². The predicted octanol–water partition coefficient (Wildman–Crippen LogP) is 2.64. The monoisotopic (exact) mass is 280 g/mol. The summed E-state index contributed by atoms with van der Waals surface area (Å²) in [6.07, 6.45) is 0. The molecule has 6 heteroatoms. The van der Waals surface area contributed by atoms with E-state index in [1.807, 2.05) is 43.3 Å². The quantitative estimate of drug-likeness (QED) is 0.912. The normalized spacial score (nSPS) is 12.4. The molecule has 0 aliphatic carbocycles. The van der Waals surface area contributed by atoms with Gasteiger partial charge in [0.15, 0.2) is 0 Å². The van der Waals surface area contributed by atoms with Crippen molar-refractivity contribution in [3.63, 3.8) is 0 Å². The van der Waals surface area contributed by atoms with E-state index in [4.69, 9.17) is 16.0 Å². The van der Waals surface area contributed by atoms with Crippen LogP contribution in [0.1, 0.15) is 24.4 Å². The summed E-state index contributed by atoms with van der Waals surface area (Å²) in [5.41, 5.74) is 1.14. The topological polar surface area (TPSA) is 54.2 Å². The molecular weight excluding hydrogens is 264 g/mol. The van der Waals surface area contributed by atoms with Gasteiger partial charge in [-0.25, -0.2) is 0 Å². The first-order valence-electron chi connectivity index (χ1n) is 6.07. The molecule has 0 fully saturated rings. The minimum atomic E-state index is 0.125. The van der Waals surface area contributed by atoms with Crippen LogP contribution in [0.15, 0.2) is 28.7 Å². The van der Waals surface area contributed by atoms with Gasteiger partial charge >= 0.3 is 6.01 Å². The van der Waals surface area contributed by atoms with Crippen LogP contribution >= 0.6 is 11.6 Å². The van der Waals surface area contributed by atoms with Gasteiger partial charge in [0.25, 0.3) is 0 Å². The van der Waals surface area contributed by atoms with Crippen molar-refractivity contribution in [1.82, 2.24) is 15.5 Å². The van der Waals surface area contributed by atoms with E-state index in [0.717, 1.165) is 10.6 Å². The van der Waals surface area contributed by atoms with E-state index in [-0.39, 0.29) is 6.04 Å². The summed E-state index contributed by atoms with van der Waals surface area (Å²) < 4.78 is 5.57. The number of hydrogen-bond donors (Lipinski definition) is 1. The van der Waals surface area contributed by atoms with Gasteiger partial charge in [-0.3, -0.25) is 0 Å². The van der Waals surface area contributed by atoms with Crippen molar-refractivity contribution >= 4 is 17.6 Å². The number of anilines is 1. The summed E-state index contributed by atoms with van der Waals surface area (Å²) in [4.78, 5) is 1.94. The second-order valence-corrected chi connectivity index (χ2v) is 4.78. The Morgan fingerprint density at radius 1 is 1.32 bits per heavy atom. The molecule has 1 aromatic carbocycles. The highest BCUT2D eigenvalue weighted by molar-refractivity contribution is 6.30. The summed E-state index contributed by atoms with van der Waals surface area (Å²) >= 11 is 5.89. The summed E-state index contributed by atoms with van der Waals surface area (Å²) in [7, 11) is 3.76. The Hall–Kier alpha value is -1.59. The third-order valence-corrected chi connectivity index (χ3v) is 3.27.